The Morgan fingerprint density at radius 2 is 1.94 bits per heavy atom. The van der Waals surface area contributed by atoms with Crippen LogP contribution in [0.15, 0.2) is 59.2 Å². The smallest absolute Gasteiger partial charge is 0.287 e. The van der Waals surface area contributed by atoms with Crippen molar-refractivity contribution in [3.05, 3.63) is 82.5 Å². The first-order chi connectivity index (χ1) is 15.0. The lowest BCUT2D eigenvalue weighted by Crippen LogP contribution is -2.24. The molecule has 1 N–H and O–H groups in total. The number of fused-ring (bicyclic) bond motifs is 1. The van der Waals surface area contributed by atoms with Crippen LogP contribution in [-0.2, 0) is 13.1 Å². The predicted molar refractivity (Wildman–Crippen MR) is 121 cm³/mol. The number of aromatic nitrogens is 2. The highest BCUT2D eigenvalue weighted by atomic mass is 35.5. The van der Waals surface area contributed by atoms with Crippen LogP contribution in [-0.4, -0.2) is 22.1 Å². The molecule has 0 atom stereocenters. The zero-order valence-electron chi connectivity index (χ0n) is 17.5. The molecule has 2 heterocycles. The molecule has 7 heteroatoms. The molecule has 0 spiro atoms. The van der Waals surface area contributed by atoms with Gasteiger partial charge in [0.2, 0.25) is 0 Å². The van der Waals surface area contributed by atoms with Gasteiger partial charge in [-0.25, -0.2) is 4.98 Å². The van der Waals surface area contributed by atoms with Crippen molar-refractivity contribution >= 4 is 28.5 Å². The van der Waals surface area contributed by atoms with Gasteiger partial charge in [-0.15, -0.1) is 0 Å². The van der Waals surface area contributed by atoms with Crippen molar-refractivity contribution in [2.45, 2.75) is 33.4 Å². The van der Waals surface area contributed by atoms with Gasteiger partial charge in [0.25, 0.3) is 5.91 Å². The van der Waals surface area contributed by atoms with Crippen molar-refractivity contribution in [2.24, 2.45) is 0 Å². The molecule has 160 valence electrons. The highest BCUT2D eigenvalue weighted by molar-refractivity contribution is 6.32. The van der Waals surface area contributed by atoms with Crippen LogP contribution in [0, 0.1) is 13.8 Å². The normalized spacial score (nSPS) is 11.1. The van der Waals surface area contributed by atoms with Crippen LogP contribution >= 0.6 is 11.6 Å². The number of nitrogens with zero attached hydrogens (tertiary/aromatic N) is 2. The van der Waals surface area contributed by atoms with Crippen molar-refractivity contribution in [3.63, 3.8) is 0 Å². The predicted octanol–water partition coefficient (Wildman–Crippen LogP) is 5.30. The van der Waals surface area contributed by atoms with Gasteiger partial charge in [-0.2, -0.15) is 0 Å². The van der Waals surface area contributed by atoms with E-state index in [0.717, 1.165) is 51.7 Å². The molecule has 0 fully saturated rings. The second-order valence-electron chi connectivity index (χ2n) is 7.40. The number of furan rings is 1. The molecule has 0 aliphatic heterocycles. The first kappa shape index (κ1) is 21.0. The molecule has 0 unspecified atom stereocenters. The Balaban J connectivity index is 1.42. The average molecular weight is 438 g/mol. The van der Waals surface area contributed by atoms with Gasteiger partial charge in [0.15, 0.2) is 5.76 Å². The van der Waals surface area contributed by atoms with Crippen molar-refractivity contribution in [1.29, 1.82) is 0 Å². The largest absolute Gasteiger partial charge is 0.494 e. The lowest BCUT2D eigenvalue weighted by atomic mass is 10.1. The topological polar surface area (TPSA) is 69.3 Å². The fourth-order valence-corrected chi connectivity index (χ4v) is 3.68. The lowest BCUT2D eigenvalue weighted by molar-refractivity contribution is 0.0921. The van der Waals surface area contributed by atoms with Gasteiger partial charge in [0, 0.05) is 11.6 Å². The number of imidazole rings is 1. The summed E-state index contributed by atoms with van der Waals surface area (Å²) in [5.41, 5.74) is 3.94. The first-order valence-corrected chi connectivity index (χ1v) is 10.6. The number of hydrogen-bond acceptors (Lipinski definition) is 4. The van der Waals surface area contributed by atoms with Gasteiger partial charge in [-0.1, -0.05) is 23.7 Å². The summed E-state index contributed by atoms with van der Waals surface area (Å²) in [5.74, 6) is 1.63. The molecule has 0 aliphatic rings. The molecule has 6 nitrogen and oxygen atoms in total. The number of amides is 1. The zero-order valence-corrected chi connectivity index (χ0v) is 18.3. The molecule has 4 rings (SSSR count). The summed E-state index contributed by atoms with van der Waals surface area (Å²) in [5, 5.41) is 3.65. The fourth-order valence-electron chi connectivity index (χ4n) is 3.57. The van der Waals surface area contributed by atoms with Crippen LogP contribution in [0.1, 0.15) is 33.9 Å². The number of ether oxygens (including phenoxy) is 1. The molecule has 0 radical (unpaired) electrons. The monoisotopic (exact) mass is 437 g/mol. The fraction of sp³-hybridized carbons (Fsp3) is 0.250. The quantitative estimate of drug-likeness (QED) is 0.380. The summed E-state index contributed by atoms with van der Waals surface area (Å²) in [6.07, 6.45) is 2.27. The number of halogens is 1. The van der Waals surface area contributed by atoms with E-state index in [1.807, 2.05) is 50.2 Å². The van der Waals surface area contributed by atoms with Crippen molar-refractivity contribution in [1.82, 2.24) is 14.9 Å². The summed E-state index contributed by atoms with van der Waals surface area (Å²) < 4.78 is 13.2. The summed E-state index contributed by atoms with van der Waals surface area (Å²) in [6, 6.07) is 15.2. The van der Waals surface area contributed by atoms with Crippen LogP contribution in [0.5, 0.6) is 5.75 Å². The highest BCUT2D eigenvalue weighted by Crippen LogP contribution is 2.26. The number of nitrogens with one attached hydrogen (secondary N) is 1. The second kappa shape index (κ2) is 9.27. The van der Waals surface area contributed by atoms with Gasteiger partial charge in [-0.3, -0.25) is 4.79 Å². The number of para-hydroxylation sites is 2. The van der Waals surface area contributed by atoms with Crippen LogP contribution in [0.3, 0.4) is 0 Å². The van der Waals surface area contributed by atoms with E-state index in [-0.39, 0.29) is 11.7 Å². The number of hydrogen-bond donors (Lipinski definition) is 1. The van der Waals surface area contributed by atoms with Gasteiger partial charge in [0.1, 0.15) is 11.6 Å². The minimum atomic E-state index is -0.264. The molecular formula is C24H24ClN3O3. The van der Waals surface area contributed by atoms with Crippen molar-refractivity contribution in [2.75, 3.05) is 6.61 Å². The first-order valence-electron chi connectivity index (χ1n) is 10.2. The van der Waals surface area contributed by atoms with E-state index in [1.165, 1.54) is 6.26 Å². The number of benzene rings is 2. The van der Waals surface area contributed by atoms with Crippen LogP contribution in [0.25, 0.3) is 11.0 Å². The number of carbonyl (C=O) groups is 1. The Morgan fingerprint density at radius 3 is 2.68 bits per heavy atom. The second-order valence-corrected chi connectivity index (χ2v) is 7.78. The third kappa shape index (κ3) is 4.75. The van der Waals surface area contributed by atoms with Crippen LogP contribution in [0.4, 0.5) is 0 Å². The molecule has 0 saturated carbocycles. The SMILES string of the molecule is Cc1cc(OCCCn2c(CNC(=O)c3ccco3)nc3ccccc32)cc(C)c1Cl. The maximum Gasteiger partial charge on any atom is 0.287 e. The third-order valence-electron chi connectivity index (χ3n) is 5.09. The summed E-state index contributed by atoms with van der Waals surface area (Å²) in [6.45, 7) is 5.54. The zero-order chi connectivity index (χ0) is 21.8. The molecule has 4 aromatic rings. The Morgan fingerprint density at radius 1 is 1.16 bits per heavy atom. The van der Waals surface area contributed by atoms with E-state index in [4.69, 9.17) is 25.7 Å². The van der Waals surface area contributed by atoms with Crippen molar-refractivity contribution in [3.8, 4) is 5.75 Å². The Hall–Kier alpha value is -3.25. The van der Waals surface area contributed by atoms with E-state index < -0.39 is 0 Å². The summed E-state index contributed by atoms with van der Waals surface area (Å²) >= 11 is 6.23. The molecule has 2 aromatic heterocycles. The highest BCUT2D eigenvalue weighted by Gasteiger charge is 2.13. The minimum absolute atomic E-state index is 0.264. The van der Waals surface area contributed by atoms with E-state index in [1.54, 1.807) is 12.1 Å². The van der Waals surface area contributed by atoms with Gasteiger partial charge < -0.3 is 19.0 Å². The molecule has 0 bridgehead atoms. The van der Waals surface area contributed by atoms with Crippen LogP contribution < -0.4 is 10.1 Å². The molecule has 0 saturated heterocycles. The molecular weight excluding hydrogens is 414 g/mol. The van der Waals surface area contributed by atoms with E-state index in [2.05, 4.69) is 9.88 Å². The van der Waals surface area contributed by atoms with Gasteiger partial charge >= 0.3 is 0 Å². The maximum absolute atomic E-state index is 12.2. The molecule has 1 amide bonds. The van der Waals surface area contributed by atoms with Crippen LogP contribution in [0.2, 0.25) is 5.02 Å². The maximum atomic E-state index is 12.2. The number of rotatable bonds is 8. The third-order valence-corrected chi connectivity index (χ3v) is 5.69. The molecule has 31 heavy (non-hydrogen) atoms. The average Bonchev–Trinajstić information content (AvgIpc) is 3.41. The van der Waals surface area contributed by atoms with Crippen molar-refractivity contribution < 1.29 is 13.9 Å². The minimum Gasteiger partial charge on any atom is -0.494 e. The summed E-state index contributed by atoms with van der Waals surface area (Å²) in [4.78, 5) is 16.9. The molecule has 0 aliphatic carbocycles. The molecule has 2 aromatic carbocycles. The van der Waals surface area contributed by atoms with Gasteiger partial charge in [-0.05, 0) is 67.8 Å². The lowest BCUT2D eigenvalue weighted by Gasteiger charge is -2.12. The van der Waals surface area contributed by atoms with E-state index in [9.17, 15) is 4.79 Å². The number of carbonyl (C=O) groups excluding carboxylic acids is 1. The van der Waals surface area contributed by atoms with E-state index in [0.29, 0.717) is 13.2 Å². The Kier molecular flexibility index (Phi) is 6.28. The number of aryl methyl sites for hydroxylation is 3. The Bertz CT molecular complexity index is 1180. The summed E-state index contributed by atoms with van der Waals surface area (Å²) in [7, 11) is 0. The standard InChI is InChI=1S/C24H24ClN3O3/c1-16-13-18(14-17(2)23(16)25)30-12-6-10-28-20-8-4-3-7-19(20)27-22(28)15-26-24(29)21-9-5-11-31-21/h3-5,7-9,11,13-14H,6,10,12,15H2,1-2H3,(H,26,29). The van der Waals surface area contributed by atoms with E-state index >= 15 is 0 Å². The Labute approximate surface area is 185 Å². The van der Waals surface area contributed by atoms with Gasteiger partial charge in [0.05, 0.1) is 30.4 Å².